The third-order valence-corrected chi connectivity index (χ3v) is 3.34. The summed E-state index contributed by atoms with van der Waals surface area (Å²) in [7, 11) is 3.38. The number of halogens is 3. The van der Waals surface area contributed by atoms with Gasteiger partial charge < -0.3 is 10.2 Å². The van der Waals surface area contributed by atoms with Gasteiger partial charge in [0.25, 0.3) is 0 Å². The highest BCUT2D eigenvalue weighted by molar-refractivity contribution is 5.92. The zero-order valence-corrected chi connectivity index (χ0v) is 13.6. The Morgan fingerprint density at radius 2 is 1.92 bits per heavy atom. The van der Waals surface area contributed by atoms with Crippen molar-refractivity contribution in [2.24, 2.45) is 0 Å². The van der Waals surface area contributed by atoms with E-state index in [-0.39, 0.29) is 6.42 Å². The number of aromatic nitrogens is 1. The van der Waals surface area contributed by atoms with Gasteiger partial charge in [-0.15, -0.1) is 0 Å². The molecule has 0 unspecified atom stereocenters. The minimum Gasteiger partial charge on any atom is -0.362 e. The quantitative estimate of drug-likeness (QED) is 0.915. The number of amides is 1. The number of nitrogens with one attached hydrogen (secondary N) is 1. The summed E-state index contributed by atoms with van der Waals surface area (Å²) in [4.78, 5) is 16.9. The van der Waals surface area contributed by atoms with E-state index in [9.17, 15) is 18.0 Å². The zero-order chi connectivity index (χ0) is 18.6. The van der Waals surface area contributed by atoms with E-state index in [2.05, 4.69) is 10.3 Å². The highest BCUT2D eigenvalue weighted by atomic mass is 19.4. The number of nitrogens with zero attached hydrogens (tertiary/aromatic N) is 3. The number of rotatable bonds is 4. The molecule has 0 aliphatic carbocycles. The summed E-state index contributed by atoms with van der Waals surface area (Å²) in [6, 6.07) is 9.08. The molecule has 1 aromatic heterocycles. The van der Waals surface area contributed by atoms with Gasteiger partial charge in [-0.2, -0.15) is 18.4 Å². The second-order valence-electron chi connectivity index (χ2n) is 5.45. The fourth-order valence-corrected chi connectivity index (χ4v) is 2.19. The molecule has 1 heterocycles. The average Bonchev–Trinajstić information content (AvgIpc) is 2.54. The molecule has 0 aliphatic heterocycles. The lowest BCUT2D eigenvalue weighted by Crippen LogP contribution is -2.14. The largest absolute Gasteiger partial charge is 0.417 e. The Bertz CT molecular complexity index is 808. The molecular formula is C17H15F3N4O. The fraction of sp³-hybridized carbons (Fsp3) is 0.235. The number of alkyl halides is 3. The molecule has 1 N–H and O–H groups in total. The Kier molecular flexibility index (Phi) is 5.27. The molecule has 0 fully saturated rings. The van der Waals surface area contributed by atoms with E-state index in [1.807, 2.05) is 0 Å². The summed E-state index contributed by atoms with van der Waals surface area (Å²) in [5.74, 6) is -0.0563. The predicted molar refractivity (Wildman–Crippen MR) is 87.9 cm³/mol. The third-order valence-electron chi connectivity index (χ3n) is 3.34. The summed E-state index contributed by atoms with van der Waals surface area (Å²) in [5.41, 5.74) is 0.477. The van der Waals surface area contributed by atoms with Gasteiger partial charge in [0.15, 0.2) is 0 Å². The highest BCUT2D eigenvalue weighted by Gasteiger charge is 2.32. The van der Waals surface area contributed by atoms with Crippen molar-refractivity contribution in [1.29, 1.82) is 5.26 Å². The molecule has 0 spiro atoms. The van der Waals surface area contributed by atoms with Gasteiger partial charge >= 0.3 is 6.18 Å². The number of hydrogen-bond donors (Lipinski definition) is 1. The number of carbonyl (C=O) groups excluding carboxylic acids is 1. The highest BCUT2D eigenvalue weighted by Crippen LogP contribution is 2.35. The molecule has 0 bridgehead atoms. The molecule has 0 radical (unpaired) electrons. The van der Waals surface area contributed by atoms with Gasteiger partial charge in [-0.25, -0.2) is 4.98 Å². The van der Waals surface area contributed by atoms with Crippen molar-refractivity contribution in [3.8, 4) is 17.2 Å². The Labute approximate surface area is 142 Å². The Hall–Kier alpha value is -3.08. The zero-order valence-electron chi connectivity index (χ0n) is 13.6. The maximum Gasteiger partial charge on any atom is 0.417 e. The van der Waals surface area contributed by atoms with Crippen molar-refractivity contribution >= 4 is 17.4 Å². The smallest absolute Gasteiger partial charge is 0.362 e. The Balaban J connectivity index is 2.39. The standard InChI is InChI=1S/C17H15F3N4O/c1-24(2)16-14(9-12(10-22-16)17(18,19)20)11-3-5-13(6-4-11)23-15(25)7-8-21/h3-6,9-10H,7H2,1-2H3,(H,23,25). The monoisotopic (exact) mass is 348 g/mol. The summed E-state index contributed by atoms with van der Waals surface area (Å²) in [5, 5.41) is 11.0. The van der Waals surface area contributed by atoms with Gasteiger partial charge in [-0.1, -0.05) is 12.1 Å². The molecule has 25 heavy (non-hydrogen) atoms. The lowest BCUT2D eigenvalue weighted by Gasteiger charge is -2.18. The van der Waals surface area contributed by atoms with Crippen LogP contribution in [0.1, 0.15) is 12.0 Å². The van der Waals surface area contributed by atoms with Crippen LogP contribution in [0.5, 0.6) is 0 Å². The second-order valence-corrected chi connectivity index (χ2v) is 5.45. The van der Waals surface area contributed by atoms with Crippen molar-refractivity contribution in [2.45, 2.75) is 12.6 Å². The Morgan fingerprint density at radius 3 is 2.44 bits per heavy atom. The molecule has 1 aromatic carbocycles. The fourth-order valence-electron chi connectivity index (χ4n) is 2.19. The first-order valence-corrected chi connectivity index (χ1v) is 7.24. The molecule has 0 saturated carbocycles. The minimum atomic E-state index is -4.49. The molecular weight excluding hydrogens is 333 g/mol. The van der Waals surface area contributed by atoms with Crippen LogP contribution in [0.15, 0.2) is 36.5 Å². The first-order valence-electron chi connectivity index (χ1n) is 7.24. The van der Waals surface area contributed by atoms with Gasteiger partial charge in [-0.3, -0.25) is 4.79 Å². The van der Waals surface area contributed by atoms with Crippen LogP contribution < -0.4 is 10.2 Å². The van der Waals surface area contributed by atoms with Crippen LogP contribution in [-0.4, -0.2) is 25.0 Å². The number of carbonyl (C=O) groups is 1. The van der Waals surface area contributed by atoms with E-state index in [0.29, 0.717) is 22.6 Å². The molecule has 2 rings (SSSR count). The number of pyridine rings is 1. The predicted octanol–water partition coefficient (Wildman–Crippen LogP) is 3.69. The van der Waals surface area contributed by atoms with Crippen LogP contribution in [0, 0.1) is 11.3 Å². The van der Waals surface area contributed by atoms with Crippen molar-refractivity contribution in [2.75, 3.05) is 24.3 Å². The molecule has 5 nitrogen and oxygen atoms in total. The SMILES string of the molecule is CN(C)c1ncc(C(F)(F)F)cc1-c1ccc(NC(=O)CC#N)cc1. The number of nitriles is 1. The van der Waals surface area contributed by atoms with E-state index in [1.54, 1.807) is 49.3 Å². The van der Waals surface area contributed by atoms with Gasteiger partial charge in [0, 0.05) is 31.5 Å². The van der Waals surface area contributed by atoms with Crippen LogP contribution in [0.4, 0.5) is 24.7 Å². The van der Waals surface area contributed by atoms with Crippen LogP contribution >= 0.6 is 0 Å². The summed E-state index contributed by atoms with van der Waals surface area (Å²) in [6.45, 7) is 0. The Morgan fingerprint density at radius 1 is 1.28 bits per heavy atom. The molecule has 1 amide bonds. The molecule has 0 saturated heterocycles. The van der Waals surface area contributed by atoms with Crippen molar-refractivity contribution in [1.82, 2.24) is 4.98 Å². The molecule has 130 valence electrons. The first-order chi connectivity index (χ1) is 11.7. The van der Waals surface area contributed by atoms with Gasteiger partial charge in [0.2, 0.25) is 5.91 Å². The second kappa shape index (κ2) is 7.21. The van der Waals surface area contributed by atoms with Crippen LogP contribution in [-0.2, 0) is 11.0 Å². The van der Waals surface area contributed by atoms with Crippen LogP contribution in [0.25, 0.3) is 11.1 Å². The number of anilines is 2. The van der Waals surface area contributed by atoms with Crippen LogP contribution in [0.2, 0.25) is 0 Å². The van der Waals surface area contributed by atoms with Crippen LogP contribution in [0.3, 0.4) is 0 Å². The maximum absolute atomic E-state index is 13.0. The van der Waals surface area contributed by atoms with Gasteiger partial charge in [-0.05, 0) is 23.8 Å². The normalized spacial score (nSPS) is 10.9. The third kappa shape index (κ3) is 4.47. The minimum absolute atomic E-state index is 0.274. The molecule has 8 heteroatoms. The number of hydrogen-bond acceptors (Lipinski definition) is 4. The van der Waals surface area contributed by atoms with Gasteiger partial charge in [0.1, 0.15) is 12.2 Å². The maximum atomic E-state index is 13.0. The van der Waals surface area contributed by atoms with E-state index in [1.165, 1.54) is 0 Å². The number of benzene rings is 1. The van der Waals surface area contributed by atoms with Crippen molar-refractivity contribution in [3.05, 3.63) is 42.1 Å². The first kappa shape index (κ1) is 18.3. The van der Waals surface area contributed by atoms with E-state index in [0.717, 1.165) is 12.3 Å². The average molecular weight is 348 g/mol. The molecule has 0 atom stereocenters. The van der Waals surface area contributed by atoms with Crippen molar-refractivity contribution < 1.29 is 18.0 Å². The lowest BCUT2D eigenvalue weighted by atomic mass is 10.0. The van der Waals surface area contributed by atoms with Crippen molar-refractivity contribution in [3.63, 3.8) is 0 Å². The molecule has 2 aromatic rings. The summed E-state index contributed by atoms with van der Waals surface area (Å²) < 4.78 is 38.9. The summed E-state index contributed by atoms with van der Waals surface area (Å²) >= 11 is 0. The molecule has 0 aliphatic rings. The van der Waals surface area contributed by atoms with E-state index < -0.39 is 17.6 Å². The van der Waals surface area contributed by atoms with E-state index >= 15 is 0 Å². The topological polar surface area (TPSA) is 69.0 Å². The van der Waals surface area contributed by atoms with Gasteiger partial charge in [0.05, 0.1) is 11.6 Å². The van der Waals surface area contributed by atoms with E-state index in [4.69, 9.17) is 5.26 Å². The lowest BCUT2D eigenvalue weighted by molar-refractivity contribution is -0.137. The summed E-state index contributed by atoms with van der Waals surface area (Å²) in [6.07, 6.45) is -3.96.